The molecule has 3 rings (SSSR count). The number of carbonyl (C=O) groups is 1. The van der Waals surface area contributed by atoms with Crippen molar-refractivity contribution in [3.8, 4) is 11.5 Å². The Hall–Kier alpha value is -2.11. The second-order valence-corrected chi connectivity index (χ2v) is 7.34. The molecule has 2 aliphatic heterocycles. The number of fused-ring (bicyclic) bond motifs is 3. The Kier molecular flexibility index (Phi) is 4.47. The third kappa shape index (κ3) is 3.68. The fourth-order valence-corrected chi connectivity index (χ4v) is 3.13. The predicted molar refractivity (Wildman–Crippen MR) is 92.2 cm³/mol. The number of nitrogens with one attached hydrogen (secondary N) is 1. The summed E-state index contributed by atoms with van der Waals surface area (Å²) in [6.07, 6.45) is 0.592. The van der Waals surface area contributed by atoms with Gasteiger partial charge in [0.2, 0.25) is 0 Å². The Morgan fingerprint density at radius 1 is 1.33 bits per heavy atom. The van der Waals surface area contributed by atoms with Gasteiger partial charge in [0, 0.05) is 19.1 Å². The van der Waals surface area contributed by atoms with Crippen LogP contribution in [0.4, 0.5) is 10.5 Å². The summed E-state index contributed by atoms with van der Waals surface area (Å²) in [6.45, 7) is 10.3. The number of ether oxygens (including phenoxy) is 3. The second-order valence-electron chi connectivity index (χ2n) is 7.34. The van der Waals surface area contributed by atoms with Gasteiger partial charge in [-0.15, -0.1) is 0 Å². The molecule has 1 aromatic carbocycles. The van der Waals surface area contributed by atoms with Crippen molar-refractivity contribution < 1.29 is 19.0 Å². The topological polar surface area (TPSA) is 60.0 Å². The molecule has 1 atom stereocenters. The van der Waals surface area contributed by atoms with Gasteiger partial charge in [0.1, 0.15) is 18.8 Å². The molecular formula is C18H26N2O4. The van der Waals surface area contributed by atoms with Crippen LogP contribution in [0.2, 0.25) is 0 Å². The van der Waals surface area contributed by atoms with Gasteiger partial charge in [-0.2, -0.15) is 0 Å². The van der Waals surface area contributed by atoms with Crippen LogP contribution in [0.1, 0.15) is 33.3 Å². The largest absolute Gasteiger partial charge is 0.486 e. The fraction of sp³-hybridized carbons (Fsp3) is 0.611. The van der Waals surface area contributed by atoms with Crippen LogP contribution in [0, 0.1) is 0 Å². The molecule has 2 heterocycles. The number of anilines is 1. The Balaban J connectivity index is 1.67. The van der Waals surface area contributed by atoms with Crippen LogP contribution in [0.25, 0.3) is 0 Å². The maximum absolute atomic E-state index is 11.9. The number of amides is 1. The number of alkyl carbamates (subject to hydrolysis) is 1. The summed E-state index contributed by atoms with van der Waals surface area (Å²) in [5, 5.41) is 2.90. The van der Waals surface area contributed by atoms with E-state index in [-0.39, 0.29) is 12.1 Å². The molecule has 24 heavy (non-hydrogen) atoms. The number of rotatable bonds is 3. The molecule has 0 spiro atoms. The first-order chi connectivity index (χ1) is 11.3. The van der Waals surface area contributed by atoms with Crippen molar-refractivity contribution >= 4 is 11.8 Å². The molecule has 1 N–H and O–H groups in total. The molecule has 1 amide bonds. The third-order valence-electron chi connectivity index (χ3n) is 3.99. The lowest BCUT2D eigenvalue weighted by Gasteiger charge is -2.29. The highest BCUT2D eigenvalue weighted by molar-refractivity contribution is 5.72. The quantitative estimate of drug-likeness (QED) is 0.921. The molecule has 2 aliphatic rings. The van der Waals surface area contributed by atoms with Gasteiger partial charge in [-0.1, -0.05) is 6.07 Å². The first kappa shape index (κ1) is 16.7. The highest BCUT2D eigenvalue weighted by Gasteiger charge is 2.29. The average molecular weight is 334 g/mol. The summed E-state index contributed by atoms with van der Waals surface area (Å²) >= 11 is 0. The van der Waals surface area contributed by atoms with E-state index in [1.54, 1.807) is 0 Å². The van der Waals surface area contributed by atoms with Crippen molar-refractivity contribution in [2.75, 3.05) is 31.2 Å². The molecule has 0 radical (unpaired) electrons. The summed E-state index contributed by atoms with van der Waals surface area (Å²) in [4.78, 5) is 14.2. The van der Waals surface area contributed by atoms with Crippen LogP contribution in [0.3, 0.4) is 0 Å². The van der Waals surface area contributed by atoms with Gasteiger partial charge in [0.05, 0.1) is 5.69 Å². The molecule has 6 heteroatoms. The zero-order valence-electron chi connectivity index (χ0n) is 14.8. The van der Waals surface area contributed by atoms with E-state index in [9.17, 15) is 4.79 Å². The van der Waals surface area contributed by atoms with Gasteiger partial charge in [0.25, 0.3) is 0 Å². The summed E-state index contributed by atoms with van der Waals surface area (Å²) in [5.41, 5.74) is 1.88. The third-order valence-corrected chi connectivity index (χ3v) is 3.99. The number of carbonyl (C=O) groups excluding carboxylic acids is 1. The van der Waals surface area contributed by atoms with E-state index in [0.29, 0.717) is 19.8 Å². The molecule has 0 bridgehead atoms. The predicted octanol–water partition coefficient (Wildman–Crippen LogP) is 2.73. The zero-order chi connectivity index (χ0) is 17.3. The van der Waals surface area contributed by atoms with Gasteiger partial charge in [0.15, 0.2) is 11.5 Å². The van der Waals surface area contributed by atoms with Crippen LogP contribution in [-0.4, -0.2) is 44.0 Å². The highest BCUT2D eigenvalue weighted by Crippen LogP contribution is 2.45. The lowest BCUT2D eigenvalue weighted by atomic mass is 10.1. The normalized spacial score (nSPS) is 17.2. The van der Waals surface area contributed by atoms with Crippen molar-refractivity contribution in [1.82, 2.24) is 5.32 Å². The van der Waals surface area contributed by atoms with Crippen molar-refractivity contribution in [2.45, 2.75) is 45.8 Å². The maximum atomic E-state index is 11.9. The molecule has 0 fully saturated rings. The van der Waals surface area contributed by atoms with Crippen LogP contribution in [0.5, 0.6) is 11.5 Å². The summed E-state index contributed by atoms with van der Waals surface area (Å²) < 4.78 is 16.8. The summed E-state index contributed by atoms with van der Waals surface area (Å²) in [5.74, 6) is 1.64. The van der Waals surface area contributed by atoms with E-state index < -0.39 is 5.60 Å². The molecule has 0 aromatic heterocycles. The van der Waals surface area contributed by atoms with Crippen molar-refractivity contribution in [1.29, 1.82) is 0 Å². The molecule has 0 saturated heterocycles. The Labute approximate surface area is 143 Å². The van der Waals surface area contributed by atoms with Crippen LogP contribution < -0.4 is 19.7 Å². The SMILES string of the molecule is CC(CN1CCc2ccc3c(c21)OCCO3)NC(=O)OC(C)(C)C. The van der Waals surface area contributed by atoms with E-state index in [4.69, 9.17) is 14.2 Å². The zero-order valence-corrected chi connectivity index (χ0v) is 14.8. The van der Waals surface area contributed by atoms with Gasteiger partial charge in [-0.25, -0.2) is 4.79 Å². The minimum atomic E-state index is -0.492. The van der Waals surface area contributed by atoms with Crippen LogP contribution in [0.15, 0.2) is 12.1 Å². The average Bonchev–Trinajstić information content (AvgIpc) is 2.88. The van der Waals surface area contributed by atoms with Gasteiger partial charge in [-0.05, 0) is 45.7 Å². The molecular weight excluding hydrogens is 308 g/mol. The van der Waals surface area contributed by atoms with E-state index in [2.05, 4.69) is 16.3 Å². The maximum Gasteiger partial charge on any atom is 0.407 e. The van der Waals surface area contributed by atoms with Crippen LogP contribution >= 0.6 is 0 Å². The minimum Gasteiger partial charge on any atom is -0.486 e. The summed E-state index contributed by atoms with van der Waals surface area (Å²) in [7, 11) is 0. The Bertz CT molecular complexity index is 624. The Morgan fingerprint density at radius 3 is 2.83 bits per heavy atom. The second kappa shape index (κ2) is 6.42. The van der Waals surface area contributed by atoms with Gasteiger partial charge in [-0.3, -0.25) is 0 Å². The molecule has 1 unspecified atom stereocenters. The van der Waals surface area contributed by atoms with E-state index in [1.807, 2.05) is 33.8 Å². The van der Waals surface area contributed by atoms with Crippen molar-refractivity contribution in [3.05, 3.63) is 17.7 Å². The number of hydrogen-bond acceptors (Lipinski definition) is 5. The summed E-state index contributed by atoms with van der Waals surface area (Å²) in [6, 6.07) is 4.06. The van der Waals surface area contributed by atoms with E-state index >= 15 is 0 Å². The monoisotopic (exact) mass is 334 g/mol. The minimum absolute atomic E-state index is 0.0360. The first-order valence-corrected chi connectivity index (χ1v) is 8.49. The number of benzene rings is 1. The Morgan fingerprint density at radius 2 is 2.08 bits per heavy atom. The lowest BCUT2D eigenvalue weighted by Crippen LogP contribution is -2.43. The number of nitrogens with zero attached hydrogens (tertiary/aromatic N) is 1. The fourth-order valence-electron chi connectivity index (χ4n) is 3.13. The standard InChI is InChI=1S/C18H26N2O4/c1-12(19-17(21)24-18(2,3)4)11-20-8-7-13-5-6-14-16(15(13)20)23-10-9-22-14/h5-6,12H,7-11H2,1-4H3,(H,19,21). The first-order valence-electron chi connectivity index (χ1n) is 8.49. The van der Waals surface area contributed by atoms with Crippen LogP contribution in [-0.2, 0) is 11.2 Å². The molecule has 6 nitrogen and oxygen atoms in total. The lowest BCUT2D eigenvalue weighted by molar-refractivity contribution is 0.0510. The molecule has 0 aliphatic carbocycles. The highest BCUT2D eigenvalue weighted by atomic mass is 16.6. The van der Waals surface area contributed by atoms with E-state index in [0.717, 1.165) is 30.2 Å². The number of hydrogen-bond donors (Lipinski definition) is 1. The van der Waals surface area contributed by atoms with E-state index in [1.165, 1.54) is 5.56 Å². The van der Waals surface area contributed by atoms with Gasteiger partial charge < -0.3 is 24.4 Å². The molecule has 0 saturated carbocycles. The molecule has 1 aromatic rings. The van der Waals surface area contributed by atoms with Gasteiger partial charge >= 0.3 is 6.09 Å². The molecule has 132 valence electrons. The van der Waals surface area contributed by atoms with Crippen molar-refractivity contribution in [3.63, 3.8) is 0 Å². The smallest absolute Gasteiger partial charge is 0.407 e. The van der Waals surface area contributed by atoms with Crippen molar-refractivity contribution in [2.24, 2.45) is 0 Å².